The molecule has 0 saturated heterocycles. The Kier molecular flexibility index (Phi) is 9.29. The maximum Gasteiger partial charge on any atom is 0.324 e. The number of alkyl halides is 4. The molecule has 0 aliphatic heterocycles. The van der Waals surface area contributed by atoms with Crippen LogP contribution in [0.15, 0.2) is 12.1 Å². The molecule has 1 aliphatic rings. The first-order valence-corrected chi connectivity index (χ1v) is 11.5. The van der Waals surface area contributed by atoms with Gasteiger partial charge >= 0.3 is 5.97 Å². The second-order valence-electron chi connectivity index (χ2n) is 6.93. The Hall–Kier alpha value is -0.590. The van der Waals surface area contributed by atoms with Crippen LogP contribution in [0.1, 0.15) is 17.5 Å². The van der Waals surface area contributed by atoms with Crippen molar-refractivity contribution in [2.75, 3.05) is 59.5 Å². The fourth-order valence-electron chi connectivity index (χ4n) is 3.78. The standard InChI is InChI=1S/C19H27Cl4N3O2/c20-5-9-25(10-6-21)16-1-2-17(26(11-7-22)12-8-23)15-13-19(24,18(27)28)4-3-14(15)16/h1-2H,3-13,24H2,(H,27,28). The van der Waals surface area contributed by atoms with E-state index in [-0.39, 0.29) is 6.42 Å². The summed E-state index contributed by atoms with van der Waals surface area (Å²) in [5.74, 6) is 0.881. The minimum absolute atomic E-state index is 0.261. The van der Waals surface area contributed by atoms with Crippen LogP contribution >= 0.6 is 46.4 Å². The maximum atomic E-state index is 11.8. The van der Waals surface area contributed by atoms with Crippen molar-refractivity contribution in [2.45, 2.75) is 24.8 Å². The number of rotatable bonds is 11. The third-order valence-electron chi connectivity index (χ3n) is 5.22. The Labute approximate surface area is 186 Å². The fraction of sp³-hybridized carbons (Fsp3) is 0.632. The molecule has 0 bridgehead atoms. The van der Waals surface area contributed by atoms with E-state index in [1.54, 1.807) is 0 Å². The number of nitrogens with two attached hydrogens (primary N) is 1. The molecular formula is C19H27Cl4N3O2. The maximum absolute atomic E-state index is 11.8. The van der Waals surface area contributed by atoms with Gasteiger partial charge in [0.15, 0.2) is 0 Å². The van der Waals surface area contributed by atoms with E-state index >= 15 is 0 Å². The molecule has 1 aromatic rings. The molecule has 0 fully saturated rings. The van der Waals surface area contributed by atoms with Crippen LogP contribution in [0, 0.1) is 0 Å². The quantitative estimate of drug-likeness (QED) is 0.484. The molecule has 0 heterocycles. The van der Waals surface area contributed by atoms with Gasteiger partial charge < -0.3 is 20.6 Å². The molecule has 3 N–H and O–H groups in total. The molecule has 0 amide bonds. The summed E-state index contributed by atoms with van der Waals surface area (Å²) in [6, 6.07) is 4.07. The van der Waals surface area contributed by atoms with Gasteiger partial charge in [-0.2, -0.15) is 0 Å². The minimum atomic E-state index is -1.28. The summed E-state index contributed by atoms with van der Waals surface area (Å²) in [7, 11) is 0. The molecule has 28 heavy (non-hydrogen) atoms. The highest BCUT2D eigenvalue weighted by molar-refractivity contribution is 6.19. The lowest BCUT2D eigenvalue weighted by Crippen LogP contribution is -2.52. The molecule has 158 valence electrons. The minimum Gasteiger partial charge on any atom is -0.480 e. The first kappa shape index (κ1) is 23.7. The Bertz CT molecular complexity index is 665. The number of hydrogen-bond acceptors (Lipinski definition) is 4. The highest BCUT2D eigenvalue weighted by Crippen LogP contribution is 2.39. The van der Waals surface area contributed by atoms with Crippen molar-refractivity contribution in [1.29, 1.82) is 0 Å². The third kappa shape index (κ3) is 5.31. The first-order valence-electron chi connectivity index (χ1n) is 9.32. The van der Waals surface area contributed by atoms with Crippen molar-refractivity contribution in [3.63, 3.8) is 0 Å². The highest BCUT2D eigenvalue weighted by atomic mass is 35.5. The molecule has 1 atom stereocenters. The number of nitrogens with zero attached hydrogens (tertiary/aromatic N) is 2. The normalized spacial score (nSPS) is 18.6. The third-order valence-corrected chi connectivity index (χ3v) is 5.90. The molecule has 0 radical (unpaired) electrons. The molecule has 9 heteroatoms. The number of halogens is 4. The van der Waals surface area contributed by atoms with Crippen molar-refractivity contribution in [2.24, 2.45) is 5.73 Å². The lowest BCUT2D eigenvalue weighted by atomic mass is 9.77. The predicted octanol–water partition coefficient (Wildman–Crippen LogP) is 3.53. The zero-order valence-electron chi connectivity index (χ0n) is 15.8. The smallest absolute Gasteiger partial charge is 0.324 e. The molecule has 2 rings (SSSR count). The molecule has 5 nitrogen and oxygen atoms in total. The van der Waals surface area contributed by atoms with E-state index in [0.717, 1.165) is 22.5 Å². The Morgan fingerprint density at radius 2 is 1.36 bits per heavy atom. The van der Waals surface area contributed by atoms with Crippen molar-refractivity contribution in [1.82, 2.24) is 0 Å². The molecule has 0 saturated carbocycles. The van der Waals surface area contributed by atoms with Gasteiger partial charge in [0.05, 0.1) is 0 Å². The molecule has 1 aromatic carbocycles. The van der Waals surface area contributed by atoms with E-state index in [1.165, 1.54) is 0 Å². The van der Waals surface area contributed by atoms with Gasteiger partial charge in [-0.3, -0.25) is 4.79 Å². The summed E-state index contributed by atoms with van der Waals surface area (Å²) >= 11 is 24.0. The van der Waals surface area contributed by atoms with Crippen LogP contribution in [0.25, 0.3) is 0 Å². The molecule has 0 spiro atoms. The van der Waals surface area contributed by atoms with Crippen molar-refractivity contribution >= 4 is 63.7 Å². The SMILES string of the molecule is NC1(C(=O)O)CCc2c(N(CCCl)CCCl)ccc(N(CCCl)CCCl)c2C1. The van der Waals surface area contributed by atoms with Gasteiger partial charge in [-0.05, 0) is 36.1 Å². The second-order valence-corrected chi connectivity index (χ2v) is 8.44. The van der Waals surface area contributed by atoms with Gasteiger partial charge in [-0.1, -0.05) is 0 Å². The average Bonchev–Trinajstić information content (AvgIpc) is 2.66. The second kappa shape index (κ2) is 11.0. The van der Waals surface area contributed by atoms with Gasteiger partial charge in [-0.25, -0.2) is 0 Å². The van der Waals surface area contributed by atoms with Crippen LogP contribution in [0.2, 0.25) is 0 Å². The van der Waals surface area contributed by atoms with E-state index in [9.17, 15) is 9.90 Å². The zero-order chi connectivity index (χ0) is 20.7. The van der Waals surface area contributed by atoms with Crippen molar-refractivity contribution < 1.29 is 9.90 Å². The summed E-state index contributed by atoms with van der Waals surface area (Å²) in [5, 5.41) is 9.68. The zero-order valence-corrected chi connectivity index (χ0v) is 18.8. The van der Waals surface area contributed by atoms with Crippen LogP contribution in [-0.2, 0) is 17.6 Å². The summed E-state index contributed by atoms with van der Waals surface area (Å²) < 4.78 is 0. The largest absolute Gasteiger partial charge is 0.480 e. The summed E-state index contributed by atoms with van der Waals surface area (Å²) in [5.41, 5.74) is 9.04. The molecule has 1 aliphatic carbocycles. The lowest BCUT2D eigenvalue weighted by molar-refractivity contribution is -0.143. The molecule has 1 unspecified atom stereocenters. The number of carboxylic acids is 1. The first-order chi connectivity index (χ1) is 13.4. The number of carboxylic acid groups (broad SMARTS) is 1. The van der Waals surface area contributed by atoms with Gasteiger partial charge in [0.1, 0.15) is 5.54 Å². The fourth-order valence-corrected chi connectivity index (χ4v) is 4.60. The number of hydrogen-bond donors (Lipinski definition) is 2. The van der Waals surface area contributed by atoms with E-state index in [0.29, 0.717) is 62.5 Å². The van der Waals surface area contributed by atoms with Crippen LogP contribution in [0.3, 0.4) is 0 Å². The van der Waals surface area contributed by atoms with Gasteiger partial charge in [0.25, 0.3) is 0 Å². The molecule has 0 aromatic heterocycles. The van der Waals surface area contributed by atoms with Crippen LogP contribution in [0.4, 0.5) is 11.4 Å². The number of aliphatic carboxylic acids is 1. The van der Waals surface area contributed by atoms with Gasteiger partial charge in [0.2, 0.25) is 0 Å². The van der Waals surface area contributed by atoms with Gasteiger partial charge in [-0.15, -0.1) is 46.4 Å². The Balaban J connectivity index is 2.58. The summed E-state index contributed by atoms with van der Waals surface area (Å²) in [6.07, 6.45) is 1.22. The topological polar surface area (TPSA) is 69.8 Å². The summed E-state index contributed by atoms with van der Waals surface area (Å²) in [4.78, 5) is 16.1. The predicted molar refractivity (Wildman–Crippen MR) is 120 cm³/mol. The Morgan fingerprint density at radius 3 is 1.75 bits per heavy atom. The van der Waals surface area contributed by atoms with Crippen molar-refractivity contribution in [3.05, 3.63) is 23.3 Å². The molecular weight excluding hydrogens is 444 g/mol. The number of benzene rings is 1. The monoisotopic (exact) mass is 469 g/mol. The van der Waals surface area contributed by atoms with E-state index < -0.39 is 11.5 Å². The van der Waals surface area contributed by atoms with Gasteiger partial charge in [0, 0.05) is 67.5 Å². The van der Waals surface area contributed by atoms with Crippen LogP contribution < -0.4 is 15.5 Å². The van der Waals surface area contributed by atoms with E-state index in [2.05, 4.69) is 15.9 Å². The number of anilines is 2. The lowest BCUT2D eigenvalue weighted by Gasteiger charge is -2.38. The van der Waals surface area contributed by atoms with Crippen LogP contribution in [-0.4, -0.2) is 66.3 Å². The highest BCUT2D eigenvalue weighted by Gasteiger charge is 2.40. The van der Waals surface area contributed by atoms with E-state index in [1.807, 2.05) is 6.07 Å². The Morgan fingerprint density at radius 1 is 0.929 bits per heavy atom. The van der Waals surface area contributed by atoms with Crippen molar-refractivity contribution in [3.8, 4) is 0 Å². The van der Waals surface area contributed by atoms with E-state index in [4.69, 9.17) is 52.1 Å². The summed E-state index contributed by atoms with van der Waals surface area (Å²) in [6.45, 7) is 2.58. The van der Waals surface area contributed by atoms with Crippen LogP contribution in [0.5, 0.6) is 0 Å². The number of fused-ring (bicyclic) bond motifs is 1. The average molecular weight is 471 g/mol. The number of carbonyl (C=O) groups is 1.